The Labute approximate surface area is 139 Å². The first-order chi connectivity index (χ1) is 10.9. The molecule has 0 radical (unpaired) electrons. The van der Waals surface area contributed by atoms with Crippen molar-refractivity contribution in [3.8, 4) is 0 Å². The number of hydrogen-bond acceptors (Lipinski definition) is 3. The van der Waals surface area contributed by atoms with Gasteiger partial charge in [0.2, 0.25) is 0 Å². The van der Waals surface area contributed by atoms with Gasteiger partial charge in [0, 0.05) is 31.9 Å². The van der Waals surface area contributed by atoms with Crippen LogP contribution in [0.25, 0.3) is 0 Å². The van der Waals surface area contributed by atoms with E-state index in [-0.39, 0.29) is 18.5 Å². The molecule has 2 rings (SSSR count). The van der Waals surface area contributed by atoms with Crippen molar-refractivity contribution >= 4 is 11.7 Å². The number of carbonyl (C=O) groups is 1. The second kappa shape index (κ2) is 7.68. The minimum atomic E-state index is -0.880. The Morgan fingerprint density at radius 2 is 2.04 bits per heavy atom. The van der Waals surface area contributed by atoms with Gasteiger partial charge in [0.1, 0.15) is 0 Å². The third-order valence-corrected chi connectivity index (χ3v) is 4.81. The molecule has 1 aromatic carbocycles. The number of para-hydroxylation sites is 1. The number of hydrogen-bond donors (Lipinski definition) is 3. The van der Waals surface area contributed by atoms with Gasteiger partial charge in [-0.1, -0.05) is 32.0 Å². The zero-order valence-corrected chi connectivity index (χ0v) is 14.4. The van der Waals surface area contributed by atoms with E-state index < -0.39 is 5.60 Å². The molecule has 5 heteroatoms. The summed E-state index contributed by atoms with van der Waals surface area (Å²) < 4.78 is 0. The molecule has 2 amide bonds. The molecule has 2 unspecified atom stereocenters. The van der Waals surface area contributed by atoms with E-state index in [1.165, 1.54) is 5.69 Å². The molecule has 0 bridgehead atoms. The lowest BCUT2D eigenvalue weighted by Crippen LogP contribution is -2.48. The average Bonchev–Trinajstić information content (AvgIpc) is 3.01. The van der Waals surface area contributed by atoms with Crippen LogP contribution < -0.4 is 15.5 Å². The summed E-state index contributed by atoms with van der Waals surface area (Å²) in [6.07, 6.45) is 1.08. The lowest BCUT2D eigenvalue weighted by atomic mass is 9.93. The Balaban J connectivity index is 1.70. The fraction of sp³-hybridized carbons (Fsp3) is 0.611. The lowest BCUT2D eigenvalue weighted by Gasteiger charge is -2.27. The van der Waals surface area contributed by atoms with Gasteiger partial charge in [0.25, 0.3) is 0 Å². The fourth-order valence-corrected chi connectivity index (χ4v) is 2.64. The van der Waals surface area contributed by atoms with Crippen molar-refractivity contribution in [3.05, 3.63) is 30.3 Å². The number of urea groups is 1. The highest BCUT2D eigenvalue weighted by Crippen LogP contribution is 2.22. The maximum Gasteiger partial charge on any atom is 0.314 e. The summed E-state index contributed by atoms with van der Waals surface area (Å²) in [4.78, 5) is 14.2. The molecule has 1 aromatic rings. The maximum atomic E-state index is 11.9. The van der Waals surface area contributed by atoms with Crippen LogP contribution in [-0.4, -0.2) is 42.9 Å². The summed E-state index contributed by atoms with van der Waals surface area (Å²) in [5.41, 5.74) is 0.363. The second-order valence-corrected chi connectivity index (χ2v) is 7.01. The van der Waals surface area contributed by atoms with E-state index in [9.17, 15) is 9.90 Å². The normalized spacial score (nSPS) is 20.4. The molecule has 1 saturated heterocycles. The zero-order chi connectivity index (χ0) is 16.9. The minimum Gasteiger partial charge on any atom is -0.388 e. The fourth-order valence-electron chi connectivity index (χ4n) is 2.64. The number of amides is 2. The molecule has 0 aliphatic carbocycles. The van der Waals surface area contributed by atoms with Crippen LogP contribution >= 0.6 is 0 Å². The Hall–Kier alpha value is -1.75. The third kappa shape index (κ3) is 5.13. The highest BCUT2D eigenvalue weighted by Gasteiger charge is 2.26. The van der Waals surface area contributed by atoms with Gasteiger partial charge in [0.15, 0.2) is 0 Å². The van der Waals surface area contributed by atoms with Gasteiger partial charge in [-0.25, -0.2) is 4.79 Å². The summed E-state index contributed by atoms with van der Waals surface area (Å²) in [7, 11) is 0. The monoisotopic (exact) mass is 319 g/mol. The Kier molecular flexibility index (Phi) is 5.88. The molecule has 128 valence electrons. The van der Waals surface area contributed by atoms with Gasteiger partial charge >= 0.3 is 6.03 Å². The predicted octanol–water partition coefficient (Wildman–Crippen LogP) is 2.22. The largest absolute Gasteiger partial charge is 0.388 e. The van der Waals surface area contributed by atoms with Gasteiger partial charge in [0.05, 0.1) is 5.60 Å². The Bertz CT molecular complexity index is 502. The first-order valence-corrected chi connectivity index (χ1v) is 8.42. The number of nitrogens with zero attached hydrogens (tertiary/aromatic N) is 1. The zero-order valence-electron chi connectivity index (χ0n) is 14.4. The first kappa shape index (κ1) is 17.6. The summed E-state index contributed by atoms with van der Waals surface area (Å²) in [5.74, 6) is 0.559. The van der Waals surface area contributed by atoms with Gasteiger partial charge in [-0.15, -0.1) is 0 Å². The highest BCUT2D eigenvalue weighted by molar-refractivity contribution is 5.73. The molecule has 23 heavy (non-hydrogen) atoms. The van der Waals surface area contributed by atoms with Crippen molar-refractivity contribution in [2.75, 3.05) is 31.1 Å². The summed E-state index contributed by atoms with van der Waals surface area (Å²) >= 11 is 0. The quantitative estimate of drug-likeness (QED) is 0.753. The number of anilines is 1. The van der Waals surface area contributed by atoms with Crippen molar-refractivity contribution in [1.82, 2.24) is 10.6 Å². The third-order valence-electron chi connectivity index (χ3n) is 4.81. The number of rotatable bonds is 6. The van der Waals surface area contributed by atoms with Gasteiger partial charge in [-0.05, 0) is 37.3 Å². The van der Waals surface area contributed by atoms with Crippen LogP contribution in [0.15, 0.2) is 30.3 Å². The van der Waals surface area contributed by atoms with Crippen LogP contribution in [-0.2, 0) is 0 Å². The number of carbonyl (C=O) groups excluding carboxylic acids is 1. The van der Waals surface area contributed by atoms with Crippen LogP contribution in [0.4, 0.5) is 10.5 Å². The lowest BCUT2D eigenvalue weighted by molar-refractivity contribution is 0.0166. The van der Waals surface area contributed by atoms with Crippen molar-refractivity contribution in [2.45, 2.75) is 32.8 Å². The highest BCUT2D eigenvalue weighted by atomic mass is 16.3. The van der Waals surface area contributed by atoms with Gasteiger partial charge in [-0.2, -0.15) is 0 Å². The molecule has 1 aliphatic rings. The van der Waals surface area contributed by atoms with E-state index in [1.807, 2.05) is 19.9 Å². The van der Waals surface area contributed by atoms with Crippen LogP contribution in [0.2, 0.25) is 0 Å². The molecule has 1 heterocycles. The summed E-state index contributed by atoms with van der Waals surface area (Å²) in [6, 6.07) is 10.2. The first-order valence-electron chi connectivity index (χ1n) is 8.42. The van der Waals surface area contributed by atoms with Crippen LogP contribution in [0, 0.1) is 11.8 Å². The molecule has 0 spiro atoms. The Morgan fingerprint density at radius 1 is 1.35 bits per heavy atom. The van der Waals surface area contributed by atoms with Gasteiger partial charge in [-0.3, -0.25) is 0 Å². The molecule has 0 saturated carbocycles. The van der Waals surface area contributed by atoms with E-state index in [2.05, 4.69) is 39.8 Å². The standard InChI is InChI=1S/C18H29N3O2/c1-14(2)18(3,23)13-20-17(22)19-11-15-9-10-21(12-15)16-7-5-4-6-8-16/h4-8,14-15,23H,9-13H2,1-3H3,(H2,19,20,22). The number of nitrogens with one attached hydrogen (secondary N) is 2. The second-order valence-electron chi connectivity index (χ2n) is 7.01. The topological polar surface area (TPSA) is 64.6 Å². The minimum absolute atomic E-state index is 0.0945. The average molecular weight is 319 g/mol. The Morgan fingerprint density at radius 3 is 2.70 bits per heavy atom. The number of aliphatic hydroxyl groups is 1. The van der Waals surface area contributed by atoms with Crippen molar-refractivity contribution < 1.29 is 9.90 Å². The molecule has 5 nitrogen and oxygen atoms in total. The summed E-state index contributed by atoms with van der Waals surface area (Å²) in [6.45, 7) is 8.55. The molecular weight excluding hydrogens is 290 g/mol. The van der Waals surface area contributed by atoms with E-state index in [1.54, 1.807) is 6.92 Å². The van der Waals surface area contributed by atoms with Crippen molar-refractivity contribution in [2.24, 2.45) is 11.8 Å². The SMILES string of the molecule is CC(C)C(C)(O)CNC(=O)NCC1CCN(c2ccccc2)C1. The van der Waals surface area contributed by atoms with Crippen LogP contribution in [0.3, 0.4) is 0 Å². The molecule has 1 fully saturated rings. The van der Waals surface area contributed by atoms with Crippen LogP contribution in [0.5, 0.6) is 0 Å². The van der Waals surface area contributed by atoms with Gasteiger partial charge < -0.3 is 20.6 Å². The molecular formula is C18H29N3O2. The van der Waals surface area contributed by atoms with E-state index >= 15 is 0 Å². The maximum absolute atomic E-state index is 11.9. The van der Waals surface area contributed by atoms with E-state index in [4.69, 9.17) is 0 Å². The smallest absolute Gasteiger partial charge is 0.314 e. The van der Waals surface area contributed by atoms with Crippen LogP contribution in [0.1, 0.15) is 27.2 Å². The summed E-state index contributed by atoms with van der Waals surface area (Å²) in [5, 5.41) is 15.8. The van der Waals surface area contributed by atoms with Crippen molar-refractivity contribution in [1.29, 1.82) is 0 Å². The van der Waals surface area contributed by atoms with Crippen molar-refractivity contribution in [3.63, 3.8) is 0 Å². The van der Waals surface area contributed by atoms with E-state index in [0.29, 0.717) is 12.5 Å². The molecule has 0 aromatic heterocycles. The molecule has 3 N–H and O–H groups in total. The van der Waals surface area contributed by atoms with E-state index in [0.717, 1.165) is 19.5 Å². The number of benzene rings is 1. The predicted molar refractivity (Wildman–Crippen MR) is 93.6 cm³/mol. The molecule has 1 aliphatic heterocycles. The molecule has 2 atom stereocenters.